The molecule has 0 aliphatic carbocycles. The molecule has 1 fully saturated rings. The van der Waals surface area contributed by atoms with Crippen LogP contribution in [0.5, 0.6) is 11.5 Å². The monoisotopic (exact) mass is 354 g/mol. The Bertz CT molecular complexity index is 794. The highest BCUT2D eigenvalue weighted by molar-refractivity contribution is 5.85. The molecule has 1 aliphatic heterocycles. The molecule has 0 bridgehead atoms. The molecular formula is C19H22N4O3. The van der Waals surface area contributed by atoms with Crippen LogP contribution >= 0.6 is 0 Å². The number of aromatic hydroxyl groups is 1. The zero-order valence-corrected chi connectivity index (χ0v) is 14.5. The van der Waals surface area contributed by atoms with Gasteiger partial charge in [0.2, 0.25) is 0 Å². The summed E-state index contributed by atoms with van der Waals surface area (Å²) in [6, 6.07) is 14.1. The number of benzene rings is 2. The lowest BCUT2D eigenvalue weighted by Gasteiger charge is -2.11. The fourth-order valence-electron chi connectivity index (χ4n) is 2.79. The number of phenolic OH excluding ortho intramolecular Hbond substituents is 1. The Labute approximate surface area is 152 Å². The van der Waals surface area contributed by atoms with Crippen LogP contribution in [0.2, 0.25) is 0 Å². The number of phenols is 1. The average Bonchev–Trinajstić information content (AvgIpc) is 3.13. The topological polar surface area (TPSA) is 95.0 Å². The summed E-state index contributed by atoms with van der Waals surface area (Å²) in [7, 11) is 0. The van der Waals surface area contributed by atoms with Crippen molar-refractivity contribution in [1.29, 1.82) is 0 Å². The quantitative estimate of drug-likeness (QED) is 0.469. The molecule has 2 unspecified atom stereocenters. The normalized spacial score (nSPS) is 19.6. The SMILES string of the molecule is CCOc1cccc(C2CC(C(=O)N/N=C/c3cccc(O)c3)NN2)c1. The molecule has 4 N–H and O–H groups in total. The number of carbonyl (C=O) groups is 1. The Balaban J connectivity index is 1.55. The van der Waals surface area contributed by atoms with Gasteiger partial charge < -0.3 is 9.84 Å². The first-order valence-corrected chi connectivity index (χ1v) is 8.51. The van der Waals surface area contributed by atoms with E-state index in [4.69, 9.17) is 4.74 Å². The summed E-state index contributed by atoms with van der Waals surface area (Å²) in [4.78, 5) is 12.2. The Morgan fingerprint density at radius 1 is 1.31 bits per heavy atom. The lowest BCUT2D eigenvalue weighted by Crippen LogP contribution is -2.41. The van der Waals surface area contributed by atoms with Crippen LogP contribution in [-0.2, 0) is 4.79 Å². The number of amides is 1. The summed E-state index contributed by atoms with van der Waals surface area (Å²) in [5, 5.41) is 13.3. The number of hydrazine groups is 1. The lowest BCUT2D eigenvalue weighted by atomic mass is 10.0. The number of hydrogen-bond acceptors (Lipinski definition) is 6. The second-order valence-electron chi connectivity index (χ2n) is 5.96. The van der Waals surface area contributed by atoms with E-state index in [0.717, 1.165) is 11.3 Å². The third-order valence-electron chi connectivity index (χ3n) is 4.05. The van der Waals surface area contributed by atoms with Gasteiger partial charge in [-0.2, -0.15) is 5.10 Å². The van der Waals surface area contributed by atoms with Gasteiger partial charge in [-0.1, -0.05) is 24.3 Å². The third kappa shape index (κ3) is 4.59. The molecule has 0 spiro atoms. The number of carbonyl (C=O) groups excluding carboxylic acids is 1. The van der Waals surface area contributed by atoms with Gasteiger partial charge in [0, 0.05) is 6.04 Å². The van der Waals surface area contributed by atoms with E-state index < -0.39 is 6.04 Å². The summed E-state index contributed by atoms with van der Waals surface area (Å²) in [6.07, 6.45) is 2.09. The van der Waals surface area contributed by atoms with Crippen molar-refractivity contribution in [2.45, 2.75) is 25.4 Å². The number of ether oxygens (including phenoxy) is 1. The maximum absolute atomic E-state index is 12.2. The molecule has 3 rings (SSSR count). The molecule has 2 aromatic carbocycles. The van der Waals surface area contributed by atoms with Gasteiger partial charge in [0.05, 0.1) is 12.8 Å². The van der Waals surface area contributed by atoms with Crippen LogP contribution < -0.4 is 21.0 Å². The van der Waals surface area contributed by atoms with Crippen molar-refractivity contribution in [3.63, 3.8) is 0 Å². The predicted molar refractivity (Wildman–Crippen MR) is 98.9 cm³/mol. The van der Waals surface area contributed by atoms with Crippen molar-refractivity contribution in [1.82, 2.24) is 16.3 Å². The fourth-order valence-corrected chi connectivity index (χ4v) is 2.79. The van der Waals surface area contributed by atoms with E-state index in [-0.39, 0.29) is 17.7 Å². The Hall–Kier alpha value is -2.90. The molecule has 0 aromatic heterocycles. The van der Waals surface area contributed by atoms with Crippen LogP contribution in [0.15, 0.2) is 53.6 Å². The van der Waals surface area contributed by atoms with Crippen molar-refractivity contribution >= 4 is 12.1 Å². The molecule has 2 aromatic rings. The maximum Gasteiger partial charge on any atom is 0.258 e. The second-order valence-corrected chi connectivity index (χ2v) is 5.96. The minimum Gasteiger partial charge on any atom is -0.508 e. The molecule has 26 heavy (non-hydrogen) atoms. The minimum absolute atomic E-state index is 0.0150. The van der Waals surface area contributed by atoms with E-state index in [0.29, 0.717) is 18.6 Å². The van der Waals surface area contributed by atoms with Crippen LogP contribution in [0.4, 0.5) is 0 Å². The lowest BCUT2D eigenvalue weighted by molar-refractivity contribution is -0.122. The van der Waals surface area contributed by atoms with Crippen LogP contribution in [-0.4, -0.2) is 29.9 Å². The summed E-state index contributed by atoms with van der Waals surface area (Å²) >= 11 is 0. The van der Waals surface area contributed by atoms with Crippen molar-refractivity contribution in [3.8, 4) is 11.5 Å². The first-order valence-electron chi connectivity index (χ1n) is 8.51. The molecule has 0 radical (unpaired) electrons. The first kappa shape index (κ1) is 17.9. The van der Waals surface area contributed by atoms with Gasteiger partial charge in [0.1, 0.15) is 17.5 Å². The van der Waals surface area contributed by atoms with Gasteiger partial charge in [-0.3, -0.25) is 4.79 Å². The van der Waals surface area contributed by atoms with Crippen LogP contribution in [0.25, 0.3) is 0 Å². The molecule has 136 valence electrons. The fraction of sp³-hybridized carbons (Fsp3) is 0.263. The van der Waals surface area contributed by atoms with Crippen LogP contribution in [0, 0.1) is 0 Å². The largest absolute Gasteiger partial charge is 0.508 e. The van der Waals surface area contributed by atoms with Gasteiger partial charge >= 0.3 is 0 Å². The van der Waals surface area contributed by atoms with E-state index in [9.17, 15) is 9.90 Å². The Kier molecular flexibility index (Phi) is 5.83. The van der Waals surface area contributed by atoms with Gasteiger partial charge in [-0.05, 0) is 48.7 Å². The number of rotatable bonds is 6. The number of nitrogens with one attached hydrogen (secondary N) is 3. The molecule has 7 heteroatoms. The molecular weight excluding hydrogens is 332 g/mol. The highest BCUT2D eigenvalue weighted by Gasteiger charge is 2.30. The van der Waals surface area contributed by atoms with E-state index in [1.54, 1.807) is 24.3 Å². The van der Waals surface area contributed by atoms with Crippen LogP contribution in [0.1, 0.15) is 30.5 Å². The predicted octanol–water partition coefficient (Wildman–Crippen LogP) is 1.85. The van der Waals surface area contributed by atoms with E-state index in [1.165, 1.54) is 6.21 Å². The zero-order chi connectivity index (χ0) is 18.4. The van der Waals surface area contributed by atoms with E-state index in [2.05, 4.69) is 21.4 Å². The van der Waals surface area contributed by atoms with Crippen molar-refractivity contribution in [2.75, 3.05) is 6.61 Å². The maximum atomic E-state index is 12.2. The molecule has 1 amide bonds. The van der Waals surface area contributed by atoms with Gasteiger partial charge in [-0.15, -0.1) is 0 Å². The Morgan fingerprint density at radius 3 is 2.96 bits per heavy atom. The summed E-state index contributed by atoms with van der Waals surface area (Å²) < 4.78 is 5.52. The smallest absolute Gasteiger partial charge is 0.258 e. The molecule has 2 atom stereocenters. The van der Waals surface area contributed by atoms with Gasteiger partial charge in [-0.25, -0.2) is 16.3 Å². The molecule has 1 saturated heterocycles. The molecule has 1 aliphatic rings. The van der Waals surface area contributed by atoms with Crippen LogP contribution in [0.3, 0.4) is 0 Å². The van der Waals surface area contributed by atoms with Crippen molar-refractivity contribution in [2.24, 2.45) is 5.10 Å². The number of hydrogen-bond donors (Lipinski definition) is 4. The zero-order valence-electron chi connectivity index (χ0n) is 14.5. The Morgan fingerprint density at radius 2 is 2.15 bits per heavy atom. The second kappa shape index (κ2) is 8.46. The highest BCUT2D eigenvalue weighted by atomic mass is 16.5. The average molecular weight is 354 g/mol. The third-order valence-corrected chi connectivity index (χ3v) is 4.05. The molecule has 7 nitrogen and oxygen atoms in total. The van der Waals surface area contributed by atoms with Gasteiger partial charge in [0.15, 0.2) is 0 Å². The van der Waals surface area contributed by atoms with Gasteiger partial charge in [0.25, 0.3) is 5.91 Å². The van der Waals surface area contributed by atoms with E-state index in [1.807, 2.05) is 31.2 Å². The van der Waals surface area contributed by atoms with E-state index >= 15 is 0 Å². The first-order chi connectivity index (χ1) is 12.7. The summed E-state index contributed by atoms with van der Waals surface area (Å²) in [5.74, 6) is 0.742. The van der Waals surface area contributed by atoms with Crippen molar-refractivity contribution in [3.05, 3.63) is 59.7 Å². The standard InChI is InChI=1S/C19H22N4O3/c1-2-26-16-8-4-6-14(10-16)17-11-18(22-21-17)19(25)23-20-12-13-5-3-7-15(24)9-13/h3-10,12,17-18,21-22,24H,2,11H2,1H3,(H,23,25)/b20-12+. The molecule has 1 heterocycles. The highest BCUT2D eigenvalue weighted by Crippen LogP contribution is 2.25. The molecule has 0 saturated carbocycles. The summed E-state index contributed by atoms with van der Waals surface area (Å²) in [5.41, 5.74) is 10.4. The minimum atomic E-state index is -0.392. The number of hydrazone groups is 1. The van der Waals surface area contributed by atoms with Crippen molar-refractivity contribution < 1.29 is 14.6 Å². The summed E-state index contributed by atoms with van der Waals surface area (Å²) in [6.45, 7) is 2.56. The number of nitrogens with zero attached hydrogens (tertiary/aromatic N) is 1.